The van der Waals surface area contributed by atoms with Crippen molar-refractivity contribution in [1.29, 1.82) is 0 Å². The molecule has 8 nitrogen and oxygen atoms in total. The molecule has 0 fully saturated rings. The number of nitrogens with one attached hydrogen (secondary N) is 2. The number of nitrogens with zero attached hydrogens (tertiary/aromatic N) is 3. The number of fused-ring (bicyclic) bond motifs is 1. The molecule has 1 amide bonds. The van der Waals surface area contributed by atoms with Crippen molar-refractivity contribution in [2.75, 3.05) is 0 Å². The number of nitro groups is 1. The molecule has 0 aliphatic carbocycles. The van der Waals surface area contributed by atoms with Crippen molar-refractivity contribution in [3.63, 3.8) is 0 Å². The van der Waals surface area contributed by atoms with Gasteiger partial charge in [-0.3, -0.25) is 20.0 Å². The van der Waals surface area contributed by atoms with Crippen LogP contribution in [0.25, 0.3) is 22.0 Å². The number of rotatable bonds is 5. The smallest absolute Gasteiger partial charge is 0.272 e. The lowest BCUT2D eigenvalue weighted by molar-refractivity contribution is -0.384. The number of aromatic nitrogens is 2. The van der Waals surface area contributed by atoms with Crippen LogP contribution in [-0.4, -0.2) is 26.7 Å². The normalized spacial score (nSPS) is 11.4. The van der Waals surface area contributed by atoms with Crippen LogP contribution in [0.5, 0.6) is 0 Å². The molecule has 4 rings (SSSR count). The molecule has 0 saturated heterocycles. The summed E-state index contributed by atoms with van der Waals surface area (Å²) in [5.41, 5.74) is 5.49. The van der Waals surface area contributed by atoms with Crippen molar-refractivity contribution in [1.82, 2.24) is 15.6 Å². The first kappa shape index (κ1) is 19.0. The Morgan fingerprint density at radius 1 is 1.03 bits per heavy atom. The van der Waals surface area contributed by atoms with Gasteiger partial charge >= 0.3 is 0 Å². The third kappa shape index (κ3) is 3.93. The third-order valence-corrected chi connectivity index (χ3v) is 4.69. The van der Waals surface area contributed by atoms with E-state index in [0.717, 1.165) is 16.3 Å². The van der Waals surface area contributed by atoms with Crippen molar-refractivity contribution in [3.8, 4) is 11.3 Å². The number of carbonyl (C=O) groups excluding carboxylic acids is 1. The molecule has 4 aromatic rings. The maximum atomic E-state index is 12.4. The quantitative estimate of drug-likeness (QED) is 0.296. The number of benzene rings is 3. The highest BCUT2D eigenvalue weighted by atomic mass is 16.6. The summed E-state index contributed by atoms with van der Waals surface area (Å²) in [4.78, 5) is 22.7. The van der Waals surface area contributed by atoms with E-state index in [1.54, 1.807) is 25.1 Å². The molecule has 8 heteroatoms. The zero-order valence-corrected chi connectivity index (χ0v) is 16.0. The first-order valence-electron chi connectivity index (χ1n) is 9.15. The lowest BCUT2D eigenvalue weighted by Gasteiger charge is -2.02. The summed E-state index contributed by atoms with van der Waals surface area (Å²) >= 11 is 0. The second kappa shape index (κ2) is 7.96. The standard InChI is InChI=1S/C22H17N5O3/c1-14(15-8-10-19(11-9-15)27(29)30)23-26-22(28)21-13-20(24-25-21)18-7-6-16-4-2-3-5-17(16)12-18/h2-13H,1H3,(H,24,25)(H,26,28). The molecule has 148 valence electrons. The molecule has 0 aliphatic heterocycles. The molecule has 2 N–H and O–H groups in total. The molecule has 0 atom stereocenters. The number of nitro benzene ring substituents is 1. The van der Waals surface area contributed by atoms with Crippen molar-refractivity contribution in [2.45, 2.75) is 6.92 Å². The Kier molecular flexibility index (Phi) is 5.04. The molecule has 0 spiro atoms. The zero-order chi connectivity index (χ0) is 21.1. The largest absolute Gasteiger partial charge is 0.289 e. The number of H-pyrrole nitrogens is 1. The molecule has 3 aromatic carbocycles. The summed E-state index contributed by atoms with van der Waals surface area (Å²) in [6.45, 7) is 1.70. The Bertz CT molecular complexity index is 1280. The second-order valence-corrected chi connectivity index (χ2v) is 6.67. The van der Waals surface area contributed by atoms with Crippen LogP contribution in [0.3, 0.4) is 0 Å². The van der Waals surface area contributed by atoms with Gasteiger partial charge in [0, 0.05) is 17.7 Å². The molecule has 0 saturated carbocycles. The lowest BCUT2D eigenvalue weighted by atomic mass is 10.1. The van der Waals surface area contributed by atoms with Gasteiger partial charge in [0.1, 0.15) is 5.69 Å². The maximum absolute atomic E-state index is 12.4. The number of carbonyl (C=O) groups is 1. The highest BCUT2D eigenvalue weighted by molar-refractivity contribution is 6.00. The minimum absolute atomic E-state index is 0.00531. The minimum Gasteiger partial charge on any atom is -0.272 e. The Balaban J connectivity index is 1.48. The van der Waals surface area contributed by atoms with Crippen LogP contribution in [0.2, 0.25) is 0 Å². The highest BCUT2D eigenvalue weighted by Gasteiger charge is 2.12. The lowest BCUT2D eigenvalue weighted by Crippen LogP contribution is -2.19. The van der Waals surface area contributed by atoms with E-state index in [9.17, 15) is 14.9 Å². The van der Waals surface area contributed by atoms with Gasteiger partial charge in [0.25, 0.3) is 11.6 Å². The molecule has 0 unspecified atom stereocenters. The summed E-state index contributed by atoms with van der Waals surface area (Å²) in [6.07, 6.45) is 0. The number of hydrogen-bond acceptors (Lipinski definition) is 5. The van der Waals surface area contributed by atoms with Crippen LogP contribution in [-0.2, 0) is 0 Å². The van der Waals surface area contributed by atoms with Crippen LogP contribution in [0, 0.1) is 10.1 Å². The van der Waals surface area contributed by atoms with Crippen LogP contribution >= 0.6 is 0 Å². The van der Waals surface area contributed by atoms with Crippen molar-refractivity contribution in [3.05, 3.63) is 94.2 Å². The van der Waals surface area contributed by atoms with Gasteiger partial charge in [0.15, 0.2) is 0 Å². The third-order valence-electron chi connectivity index (χ3n) is 4.69. The number of amides is 1. The fourth-order valence-corrected chi connectivity index (χ4v) is 3.02. The van der Waals surface area contributed by atoms with Crippen molar-refractivity contribution >= 4 is 28.1 Å². The summed E-state index contributed by atoms with van der Waals surface area (Å²) in [6, 6.07) is 21.6. The van der Waals surface area contributed by atoms with Gasteiger partial charge in [0.2, 0.25) is 0 Å². The van der Waals surface area contributed by atoms with Gasteiger partial charge in [-0.05, 0) is 47.5 Å². The van der Waals surface area contributed by atoms with E-state index in [1.165, 1.54) is 12.1 Å². The van der Waals surface area contributed by atoms with E-state index in [0.29, 0.717) is 17.0 Å². The predicted molar refractivity (Wildman–Crippen MR) is 114 cm³/mol. The van der Waals surface area contributed by atoms with Crippen LogP contribution < -0.4 is 5.43 Å². The van der Waals surface area contributed by atoms with Gasteiger partial charge in [-0.15, -0.1) is 0 Å². The number of aromatic amines is 1. The molecule has 1 heterocycles. The SMILES string of the molecule is CC(=NNC(=O)c1cc(-c2ccc3ccccc3c2)n[nH]1)c1ccc([N+](=O)[O-])cc1. The summed E-state index contributed by atoms with van der Waals surface area (Å²) in [7, 11) is 0. The number of hydrazone groups is 1. The van der Waals surface area contributed by atoms with E-state index >= 15 is 0 Å². The topological polar surface area (TPSA) is 113 Å². The Hall–Kier alpha value is -4.33. The molecular formula is C22H17N5O3. The Labute approximate surface area is 171 Å². The summed E-state index contributed by atoms with van der Waals surface area (Å²) in [5.74, 6) is -0.434. The van der Waals surface area contributed by atoms with E-state index in [-0.39, 0.29) is 11.4 Å². The molecule has 0 bridgehead atoms. The fourth-order valence-electron chi connectivity index (χ4n) is 3.02. The highest BCUT2D eigenvalue weighted by Crippen LogP contribution is 2.23. The first-order chi connectivity index (χ1) is 14.5. The van der Waals surface area contributed by atoms with Gasteiger partial charge in [-0.1, -0.05) is 36.4 Å². The van der Waals surface area contributed by atoms with E-state index in [1.807, 2.05) is 42.5 Å². The van der Waals surface area contributed by atoms with E-state index in [4.69, 9.17) is 0 Å². The van der Waals surface area contributed by atoms with Gasteiger partial charge in [0.05, 0.1) is 16.3 Å². The first-order valence-corrected chi connectivity index (χ1v) is 9.15. The predicted octanol–water partition coefficient (Wildman–Crippen LogP) is 4.29. The second-order valence-electron chi connectivity index (χ2n) is 6.67. The van der Waals surface area contributed by atoms with Gasteiger partial charge in [-0.25, -0.2) is 5.43 Å². The van der Waals surface area contributed by atoms with Crippen LogP contribution in [0.4, 0.5) is 5.69 Å². The minimum atomic E-state index is -0.469. The van der Waals surface area contributed by atoms with Crippen LogP contribution in [0.15, 0.2) is 77.9 Å². The van der Waals surface area contributed by atoms with Crippen LogP contribution in [0.1, 0.15) is 23.0 Å². The summed E-state index contributed by atoms with van der Waals surface area (Å²) < 4.78 is 0. The maximum Gasteiger partial charge on any atom is 0.289 e. The molecule has 0 aliphatic rings. The fraction of sp³-hybridized carbons (Fsp3) is 0.0455. The Morgan fingerprint density at radius 3 is 2.50 bits per heavy atom. The number of hydrogen-bond donors (Lipinski definition) is 2. The van der Waals surface area contributed by atoms with Gasteiger partial charge in [-0.2, -0.15) is 10.2 Å². The molecule has 1 aromatic heterocycles. The average Bonchev–Trinajstić information content (AvgIpc) is 3.27. The van der Waals surface area contributed by atoms with Crippen molar-refractivity contribution < 1.29 is 9.72 Å². The van der Waals surface area contributed by atoms with E-state index in [2.05, 4.69) is 20.7 Å². The summed E-state index contributed by atoms with van der Waals surface area (Å²) in [5, 5.41) is 24.0. The van der Waals surface area contributed by atoms with E-state index < -0.39 is 10.8 Å². The van der Waals surface area contributed by atoms with Crippen molar-refractivity contribution in [2.24, 2.45) is 5.10 Å². The number of non-ortho nitro benzene ring substituents is 1. The average molecular weight is 399 g/mol. The molecule has 30 heavy (non-hydrogen) atoms. The monoisotopic (exact) mass is 399 g/mol. The van der Waals surface area contributed by atoms with Gasteiger partial charge < -0.3 is 0 Å². The molecular weight excluding hydrogens is 382 g/mol. The Morgan fingerprint density at radius 2 is 1.77 bits per heavy atom. The zero-order valence-electron chi connectivity index (χ0n) is 16.0. The molecule has 0 radical (unpaired) electrons.